The van der Waals surface area contributed by atoms with E-state index in [4.69, 9.17) is 4.74 Å². The maximum absolute atomic E-state index is 11.9. The van der Waals surface area contributed by atoms with Crippen LogP contribution in [0.15, 0.2) is 46.8 Å². The van der Waals surface area contributed by atoms with Crippen molar-refractivity contribution in [2.75, 3.05) is 25.0 Å². The average Bonchev–Trinajstić information content (AvgIpc) is 3.19. The molecule has 0 bridgehead atoms. The number of rotatable bonds is 10. The Morgan fingerprint density at radius 2 is 1.93 bits per heavy atom. The molecular weight excluding hydrogens is 372 g/mol. The van der Waals surface area contributed by atoms with Crippen LogP contribution in [0.5, 0.6) is 5.75 Å². The Bertz CT molecular complexity index is 727. The first-order chi connectivity index (χ1) is 13.6. The largest absolute Gasteiger partial charge is 0.491 e. The molecule has 0 spiro atoms. The van der Waals surface area contributed by atoms with Crippen molar-refractivity contribution >= 4 is 28.9 Å². The van der Waals surface area contributed by atoms with Crippen LogP contribution in [-0.4, -0.2) is 37.6 Å². The van der Waals surface area contributed by atoms with Gasteiger partial charge in [-0.2, -0.15) is 0 Å². The first-order valence-corrected chi connectivity index (χ1v) is 10.6. The summed E-state index contributed by atoms with van der Waals surface area (Å²) in [5, 5.41) is 11.5. The van der Waals surface area contributed by atoms with Gasteiger partial charge in [-0.15, -0.1) is 11.3 Å². The van der Waals surface area contributed by atoms with Crippen LogP contribution < -0.4 is 20.7 Å². The highest BCUT2D eigenvalue weighted by atomic mass is 32.1. The maximum atomic E-state index is 11.9. The Kier molecular flexibility index (Phi) is 9.34. The minimum absolute atomic E-state index is 0.0816. The summed E-state index contributed by atoms with van der Waals surface area (Å²) in [4.78, 5) is 17.6. The lowest BCUT2D eigenvalue weighted by Gasteiger charge is -2.14. The monoisotopic (exact) mass is 402 g/mol. The van der Waals surface area contributed by atoms with Crippen LogP contribution in [0.2, 0.25) is 0 Å². The molecule has 0 saturated heterocycles. The Labute approximate surface area is 171 Å². The third kappa shape index (κ3) is 8.43. The van der Waals surface area contributed by atoms with Gasteiger partial charge in [0.1, 0.15) is 12.3 Å². The number of ether oxygens (including phenoxy) is 1. The molecule has 7 heteroatoms. The summed E-state index contributed by atoms with van der Waals surface area (Å²) in [6, 6.07) is 11.9. The number of carbonyl (C=O) groups is 1. The third-order valence-electron chi connectivity index (χ3n) is 3.69. The van der Waals surface area contributed by atoms with Crippen LogP contribution in [0, 0.1) is 0 Å². The summed E-state index contributed by atoms with van der Waals surface area (Å²) in [6.07, 6.45) is 1.95. The van der Waals surface area contributed by atoms with Crippen LogP contribution in [-0.2, 0) is 11.2 Å². The van der Waals surface area contributed by atoms with Crippen molar-refractivity contribution in [3.63, 3.8) is 0 Å². The molecule has 0 aliphatic carbocycles. The topological polar surface area (TPSA) is 74.8 Å². The van der Waals surface area contributed by atoms with Crippen LogP contribution in [0.3, 0.4) is 0 Å². The summed E-state index contributed by atoms with van der Waals surface area (Å²) >= 11 is 1.73. The van der Waals surface area contributed by atoms with Crippen LogP contribution in [0.25, 0.3) is 0 Å². The van der Waals surface area contributed by atoms with Gasteiger partial charge in [-0.25, -0.2) is 4.99 Å². The summed E-state index contributed by atoms with van der Waals surface area (Å²) in [5.41, 5.74) is 0.882. The molecule has 0 aliphatic rings. The molecule has 3 N–H and O–H groups in total. The molecule has 0 radical (unpaired) electrons. The van der Waals surface area contributed by atoms with Gasteiger partial charge in [0.2, 0.25) is 5.91 Å². The van der Waals surface area contributed by atoms with Crippen molar-refractivity contribution in [2.24, 2.45) is 4.99 Å². The Morgan fingerprint density at radius 3 is 2.57 bits per heavy atom. The van der Waals surface area contributed by atoms with E-state index in [0.717, 1.165) is 30.8 Å². The van der Waals surface area contributed by atoms with E-state index in [0.29, 0.717) is 12.5 Å². The van der Waals surface area contributed by atoms with Gasteiger partial charge in [-0.3, -0.25) is 4.79 Å². The smallest absolute Gasteiger partial charge is 0.241 e. The van der Waals surface area contributed by atoms with Crippen molar-refractivity contribution in [1.82, 2.24) is 10.6 Å². The van der Waals surface area contributed by atoms with Crippen molar-refractivity contribution in [2.45, 2.75) is 39.7 Å². The fourth-order valence-electron chi connectivity index (χ4n) is 2.40. The number of guanidine groups is 1. The van der Waals surface area contributed by atoms with E-state index in [1.54, 1.807) is 11.3 Å². The molecule has 0 aliphatic heterocycles. The molecular formula is C21H30N4O2S. The molecule has 2 rings (SSSR count). The summed E-state index contributed by atoms with van der Waals surface area (Å²) < 4.78 is 5.67. The number of aliphatic imine (C=N–C) groups is 1. The van der Waals surface area contributed by atoms with Gasteiger partial charge in [0.25, 0.3) is 0 Å². The lowest BCUT2D eigenvalue weighted by atomic mass is 10.3. The number of carbonyl (C=O) groups excluding carboxylic acids is 1. The molecule has 1 heterocycles. The zero-order chi connectivity index (χ0) is 20.2. The van der Waals surface area contributed by atoms with Gasteiger partial charge >= 0.3 is 0 Å². The molecule has 0 unspecified atom stereocenters. The molecule has 6 nitrogen and oxygen atoms in total. The fraction of sp³-hybridized carbons (Fsp3) is 0.429. The maximum Gasteiger partial charge on any atom is 0.241 e. The first kappa shape index (κ1) is 21.8. The van der Waals surface area contributed by atoms with Crippen molar-refractivity contribution in [1.29, 1.82) is 0 Å². The van der Waals surface area contributed by atoms with Gasteiger partial charge in [-0.1, -0.05) is 13.0 Å². The second kappa shape index (κ2) is 12.0. The van der Waals surface area contributed by atoms with E-state index in [2.05, 4.69) is 32.4 Å². The molecule has 0 atom stereocenters. The molecule has 152 valence electrons. The number of anilines is 1. The lowest BCUT2D eigenvalue weighted by Crippen LogP contribution is -2.34. The highest BCUT2D eigenvalue weighted by molar-refractivity contribution is 7.09. The standard InChI is InChI=1S/C21H30N4O2S/c1-4-12-22-20(26)15-24-21(23-13-11-19-6-5-14-28-19)25-17-7-9-18(10-8-17)27-16(2)3/h5-10,14,16H,4,11-13,15H2,1-3H3,(H,22,26)(H2,23,24,25). The van der Waals surface area contributed by atoms with E-state index in [1.807, 2.05) is 51.1 Å². The second-order valence-electron chi connectivity index (χ2n) is 6.59. The van der Waals surface area contributed by atoms with Crippen LogP contribution in [0.4, 0.5) is 5.69 Å². The number of hydrogen-bond acceptors (Lipinski definition) is 4. The van der Waals surface area contributed by atoms with Crippen molar-refractivity contribution in [3.05, 3.63) is 46.7 Å². The summed E-state index contributed by atoms with van der Waals surface area (Å²) in [7, 11) is 0. The van der Waals surface area contributed by atoms with Gasteiger partial charge in [-0.05, 0) is 62.4 Å². The highest BCUT2D eigenvalue weighted by Crippen LogP contribution is 2.17. The fourth-order valence-corrected chi connectivity index (χ4v) is 3.10. The zero-order valence-electron chi connectivity index (χ0n) is 16.8. The number of hydrogen-bond donors (Lipinski definition) is 3. The Morgan fingerprint density at radius 1 is 1.14 bits per heavy atom. The van der Waals surface area contributed by atoms with Crippen LogP contribution in [0.1, 0.15) is 32.1 Å². The second-order valence-corrected chi connectivity index (χ2v) is 7.62. The molecule has 28 heavy (non-hydrogen) atoms. The zero-order valence-corrected chi connectivity index (χ0v) is 17.6. The first-order valence-electron chi connectivity index (χ1n) is 9.68. The number of benzene rings is 1. The number of nitrogens with one attached hydrogen (secondary N) is 3. The molecule has 2 aromatic rings. The van der Waals surface area contributed by atoms with E-state index >= 15 is 0 Å². The summed E-state index contributed by atoms with van der Waals surface area (Å²) in [5.74, 6) is 1.33. The SMILES string of the molecule is CCCNC(=O)CN=C(NCCc1cccs1)Nc1ccc(OC(C)C)cc1. The van der Waals surface area contributed by atoms with Gasteiger partial charge in [0.05, 0.1) is 6.10 Å². The van der Waals surface area contributed by atoms with Gasteiger partial charge < -0.3 is 20.7 Å². The predicted octanol–water partition coefficient (Wildman–Crippen LogP) is 3.66. The average molecular weight is 403 g/mol. The third-order valence-corrected chi connectivity index (χ3v) is 4.62. The predicted molar refractivity (Wildman–Crippen MR) is 117 cm³/mol. The number of amides is 1. The summed E-state index contributed by atoms with van der Waals surface area (Å²) in [6.45, 7) is 7.51. The van der Waals surface area contributed by atoms with Crippen molar-refractivity contribution < 1.29 is 9.53 Å². The van der Waals surface area contributed by atoms with Crippen molar-refractivity contribution in [3.8, 4) is 5.75 Å². The lowest BCUT2D eigenvalue weighted by molar-refractivity contribution is -0.119. The number of thiophene rings is 1. The quantitative estimate of drug-likeness (QED) is 0.419. The molecule has 0 saturated carbocycles. The van der Waals surface area contributed by atoms with Crippen LogP contribution >= 0.6 is 11.3 Å². The molecule has 0 fully saturated rings. The van der Waals surface area contributed by atoms with Gasteiger partial charge in [0.15, 0.2) is 5.96 Å². The highest BCUT2D eigenvalue weighted by Gasteiger charge is 2.05. The molecule has 1 amide bonds. The van der Waals surface area contributed by atoms with E-state index in [1.165, 1.54) is 4.88 Å². The number of nitrogens with zero attached hydrogens (tertiary/aromatic N) is 1. The van der Waals surface area contributed by atoms with E-state index < -0.39 is 0 Å². The minimum atomic E-state index is -0.0816. The Balaban J connectivity index is 1.96. The van der Waals surface area contributed by atoms with E-state index in [-0.39, 0.29) is 18.6 Å². The van der Waals surface area contributed by atoms with Gasteiger partial charge in [0, 0.05) is 23.7 Å². The van der Waals surface area contributed by atoms with E-state index in [9.17, 15) is 4.79 Å². The molecule has 1 aromatic carbocycles. The Hall–Kier alpha value is -2.54. The minimum Gasteiger partial charge on any atom is -0.491 e. The molecule has 1 aromatic heterocycles. The normalized spacial score (nSPS) is 11.4.